The predicted octanol–water partition coefficient (Wildman–Crippen LogP) is 1.17. The summed E-state index contributed by atoms with van der Waals surface area (Å²) in [6.07, 6.45) is 0.913. The fourth-order valence-electron chi connectivity index (χ4n) is 2.33. The zero-order chi connectivity index (χ0) is 10.3. The molecule has 0 saturated carbocycles. The van der Waals surface area contributed by atoms with Gasteiger partial charge in [-0.1, -0.05) is 18.2 Å². The van der Waals surface area contributed by atoms with E-state index in [1.807, 2.05) is 6.07 Å². The number of aliphatic hydroxyl groups excluding tert-OH is 1. The number of para-hydroxylation sites is 1. The van der Waals surface area contributed by atoms with Crippen LogP contribution < -0.4 is 5.32 Å². The van der Waals surface area contributed by atoms with Crippen LogP contribution >= 0.6 is 0 Å². The van der Waals surface area contributed by atoms with Gasteiger partial charge in [0.2, 0.25) is 0 Å². The average molecular weight is 202 g/mol. The lowest BCUT2D eigenvalue weighted by Gasteiger charge is -2.22. The Hall–Kier alpha value is -1.32. The fourth-order valence-corrected chi connectivity index (χ4v) is 2.33. The zero-order valence-electron chi connectivity index (χ0n) is 8.46. The van der Waals surface area contributed by atoms with Crippen molar-refractivity contribution in [2.45, 2.75) is 19.0 Å². The van der Waals surface area contributed by atoms with E-state index >= 15 is 0 Å². The number of benzene rings is 1. The summed E-state index contributed by atoms with van der Waals surface area (Å²) in [6, 6.07) is 8.55. The van der Waals surface area contributed by atoms with Crippen LogP contribution in [0.5, 0.6) is 0 Å². The Kier molecular flexibility index (Phi) is 2.01. The quantitative estimate of drug-likeness (QED) is 0.650. The highest BCUT2D eigenvalue weighted by Gasteiger charge is 2.20. The average Bonchev–Trinajstić information content (AvgIpc) is 2.66. The second kappa shape index (κ2) is 3.36. The standard InChI is InChI=1S/C12H14N2O/c15-7-8-5-10-9-3-1-2-4-11(9)14-12(10)6-13-8/h1-4,8,13-15H,5-7H2/t8-/m1/s1. The van der Waals surface area contributed by atoms with Gasteiger partial charge < -0.3 is 15.4 Å². The number of aromatic nitrogens is 1. The maximum atomic E-state index is 9.15. The van der Waals surface area contributed by atoms with Crippen molar-refractivity contribution >= 4 is 10.9 Å². The number of H-pyrrole nitrogens is 1. The molecule has 0 aliphatic carbocycles. The molecule has 3 heteroatoms. The lowest BCUT2D eigenvalue weighted by Crippen LogP contribution is -2.37. The van der Waals surface area contributed by atoms with Gasteiger partial charge in [0, 0.05) is 29.2 Å². The number of hydrogen-bond donors (Lipinski definition) is 3. The largest absolute Gasteiger partial charge is 0.395 e. The minimum absolute atomic E-state index is 0.205. The molecule has 0 saturated heterocycles. The second-order valence-electron chi connectivity index (χ2n) is 4.09. The normalized spacial score (nSPS) is 20.5. The van der Waals surface area contributed by atoms with Gasteiger partial charge in [-0.25, -0.2) is 0 Å². The Balaban J connectivity index is 2.14. The van der Waals surface area contributed by atoms with Crippen LogP contribution in [0, 0.1) is 0 Å². The van der Waals surface area contributed by atoms with Crippen molar-refractivity contribution in [1.29, 1.82) is 0 Å². The summed E-state index contributed by atoms with van der Waals surface area (Å²) in [5.41, 5.74) is 3.83. The topological polar surface area (TPSA) is 48.0 Å². The molecule has 1 aromatic heterocycles. The van der Waals surface area contributed by atoms with Gasteiger partial charge in [0.15, 0.2) is 0 Å². The van der Waals surface area contributed by atoms with Gasteiger partial charge in [-0.2, -0.15) is 0 Å². The van der Waals surface area contributed by atoms with E-state index in [1.165, 1.54) is 22.2 Å². The van der Waals surface area contributed by atoms with Crippen LogP contribution in [0.3, 0.4) is 0 Å². The van der Waals surface area contributed by atoms with Crippen molar-refractivity contribution in [2.75, 3.05) is 6.61 Å². The van der Waals surface area contributed by atoms with E-state index in [0.29, 0.717) is 0 Å². The third kappa shape index (κ3) is 1.35. The molecule has 0 radical (unpaired) electrons. The highest BCUT2D eigenvalue weighted by molar-refractivity contribution is 5.84. The van der Waals surface area contributed by atoms with Gasteiger partial charge in [0.1, 0.15) is 0 Å². The summed E-state index contributed by atoms with van der Waals surface area (Å²) in [7, 11) is 0. The van der Waals surface area contributed by atoms with Crippen molar-refractivity contribution < 1.29 is 5.11 Å². The highest BCUT2D eigenvalue weighted by Crippen LogP contribution is 2.26. The van der Waals surface area contributed by atoms with Crippen LogP contribution in [0.2, 0.25) is 0 Å². The monoisotopic (exact) mass is 202 g/mol. The summed E-state index contributed by atoms with van der Waals surface area (Å²) in [4.78, 5) is 3.42. The summed E-state index contributed by atoms with van der Waals surface area (Å²) in [5.74, 6) is 0. The summed E-state index contributed by atoms with van der Waals surface area (Å²) in [5, 5.41) is 13.8. The Morgan fingerprint density at radius 3 is 3.07 bits per heavy atom. The SMILES string of the molecule is OC[C@H]1Cc2c([nH]c3ccccc23)CN1. The molecule has 1 aliphatic rings. The van der Waals surface area contributed by atoms with Crippen molar-refractivity contribution in [1.82, 2.24) is 10.3 Å². The van der Waals surface area contributed by atoms with E-state index in [4.69, 9.17) is 5.11 Å². The summed E-state index contributed by atoms with van der Waals surface area (Å²) >= 11 is 0. The number of aliphatic hydroxyl groups is 1. The maximum Gasteiger partial charge on any atom is 0.0588 e. The van der Waals surface area contributed by atoms with E-state index < -0.39 is 0 Å². The fraction of sp³-hybridized carbons (Fsp3) is 0.333. The van der Waals surface area contributed by atoms with E-state index in [-0.39, 0.29) is 12.6 Å². The van der Waals surface area contributed by atoms with E-state index in [2.05, 4.69) is 28.5 Å². The highest BCUT2D eigenvalue weighted by atomic mass is 16.3. The van der Waals surface area contributed by atoms with Crippen LogP contribution in [0.15, 0.2) is 24.3 Å². The van der Waals surface area contributed by atoms with Crippen molar-refractivity contribution in [3.8, 4) is 0 Å². The maximum absolute atomic E-state index is 9.15. The lowest BCUT2D eigenvalue weighted by molar-refractivity contribution is 0.235. The van der Waals surface area contributed by atoms with Crippen LogP contribution in [0.4, 0.5) is 0 Å². The molecule has 0 fully saturated rings. The first-order chi connectivity index (χ1) is 7.38. The number of nitrogens with one attached hydrogen (secondary N) is 2. The minimum atomic E-state index is 0.205. The Morgan fingerprint density at radius 1 is 1.33 bits per heavy atom. The first-order valence-corrected chi connectivity index (χ1v) is 5.31. The Bertz CT molecular complexity index is 489. The molecule has 2 aromatic rings. The van der Waals surface area contributed by atoms with Crippen molar-refractivity contribution in [3.63, 3.8) is 0 Å². The molecule has 15 heavy (non-hydrogen) atoms. The molecular formula is C12H14N2O. The first-order valence-electron chi connectivity index (χ1n) is 5.31. The molecular weight excluding hydrogens is 188 g/mol. The van der Waals surface area contributed by atoms with Gasteiger partial charge in [-0.3, -0.25) is 0 Å². The van der Waals surface area contributed by atoms with E-state index in [9.17, 15) is 0 Å². The van der Waals surface area contributed by atoms with Crippen LogP contribution in [-0.2, 0) is 13.0 Å². The summed E-state index contributed by atoms with van der Waals surface area (Å²) < 4.78 is 0. The first kappa shape index (κ1) is 8.95. The summed E-state index contributed by atoms with van der Waals surface area (Å²) in [6.45, 7) is 1.04. The van der Waals surface area contributed by atoms with Gasteiger partial charge >= 0.3 is 0 Å². The zero-order valence-corrected chi connectivity index (χ0v) is 8.46. The number of fused-ring (bicyclic) bond motifs is 3. The van der Waals surface area contributed by atoms with Crippen LogP contribution in [0.25, 0.3) is 10.9 Å². The van der Waals surface area contributed by atoms with Gasteiger partial charge in [-0.05, 0) is 18.1 Å². The molecule has 0 bridgehead atoms. The van der Waals surface area contributed by atoms with Crippen LogP contribution in [-0.4, -0.2) is 22.7 Å². The van der Waals surface area contributed by atoms with E-state index in [1.54, 1.807) is 0 Å². The molecule has 1 aromatic carbocycles. The second-order valence-corrected chi connectivity index (χ2v) is 4.09. The number of aromatic amines is 1. The smallest absolute Gasteiger partial charge is 0.0588 e. The third-order valence-electron chi connectivity index (χ3n) is 3.14. The molecule has 0 unspecified atom stereocenters. The van der Waals surface area contributed by atoms with Crippen molar-refractivity contribution in [2.24, 2.45) is 0 Å². The molecule has 3 rings (SSSR count). The van der Waals surface area contributed by atoms with Gasteiger partial charge in [0.05, 0.1) is 6.61 Å². The minimum Gasteiger partial charge on any atom is -0.395 e. The molecule has 0 spiro atoms. The molecule has 2 heterocycles. The van der Waals surface area contributed by atoms with Crippen LogP contribution in [0.1, 0.15) is 11.3 Å². The number of rotatable bonds is 1. The predicted molar refractivity (Wildman–Crippen MR) is 59.7 cm³/mol. The Labute approximate surface area is 88.1 Å². The molecule has 78 valence electrons. The van der Waals surface area contributed by atoms with E-state index in [0.717, 1.165) is 13.0 Å². The molecule has 3 N–H and O–H groups in total. The third-order valence-corrected chi connectivity index (χ3v) is 3.14. The molecule has 0 amide bonds. The van der Waals surface area contributed by atoms with Gasteiger partial charge in [0.25, 0.3) is 0 Å². The Morgan fingerprint density at radius 2 is 2.20 bits per heavy atom. The molecule has 1 aliphatic heterocycles. The lowest BCUT2D eigenvalue weighted by atomic mass is 9.99. The molecule has 3 nitrogen and oxygen atoms in total. The van der Waals surface area contributed by atoms with Crippen molar-refractivity contribution in [3.05, 3.63) is 35.5 Å². The molecule has 1 atom stereocenters. The number of hydrogen-bond acceptors (Lipinski definition) is 2. The van der Waals surface area contributed by atoms with Gasteiger partial charge in [-0.15, -0.1) is 0 Å².